The zero-order chi connectivity index (χ0) is 17.9. The van der Waals surface area contributed by atoms with E-state index in [2.05, 4.69) is 31.0 Å². The summed E-state index contributed by atoms with van der Waals surface area (Å²) in [7, 11) is 0. The van der Waals surface area contributed by atoms with Crippen molar-refractivity contribution in [3.8, 4) is 0 Å². The molecule has 0 aliphatic carbocycles. The Bertz CT molecular complexity index is 854. The molecule has 0 unspecified atom stereocenters. The summed E-state index contributed by atoms with van der Waals surface area (Å²) >= 11 is 1.42. The van der Waals surface area contributed by atoms with E-state index in [4.69, 9.17) is 0 Å². The van der Waals surface area contributed by atoms with Crippen LogP contribution in [-0.4, -0.2) is 36.7 Å². The monoisotopic (exact) mass is 354 g/mol. The van der Waals surface area contributed by atoms with Crippen molar-refractivity contribution in [3.63, 3.8) is 0 Å². The van der Waals surface area contributed by atoms with Gasteiger partial charge in [-0.1, -0.05) is 48.2 Å². The van der Waals surface area contributed by atoms with Gasteiger partial charge in [0, 0.05) is 18.3 Å². The minimum atomic E-state index is -0.250. The van der Waals surface area contributed by atoms with E-state index < -0.39 is 0 Å². The first-order valence-electron chi connectivity index (χ1n) is 8.22. The number of pyridine rings is 1. The van der Waals surface area contributed by atoms with Crippen LogP contribution in [0, 0.1) is 0 Å². The Morgan fingerprint density at radius 1 is 1.08 bits per heavy atom. The molecule has 0 fully saturated rings. The third kappa shape index (κ3) is 4.20. The summed E-state index contributed by atoms with van der Waals surface area (Å²) in [5.41, 5.74) is 1.67. The number of nitrogens with zero attached hydrogens (tertiary/aromatic N) is 4. The molecule has 2 heterocycles. The molecule has 3 rings (SSSR count). The summed E-state index contributed by atoms with van der Waals surface area (Å²) in [4.78, 5) is 14.8. The molecule has 0 bridgehead atoms. The van der Waals surface area contributed by atoms with Crippen LogP contribution in [0.25, 0.3) is 5.65 Å². The second-order valence-corrected chi connectivity index (χ2v) is 7.78. The Morgan fingerprint density at radius 3 is 2.52 bits per heavy atom. The predicted molar refractivity (Wildman–Crippen MR) is 100 cm³/mol. The number of fused-ring (bicyclic) bond motifs is 1. The summed E-state index contributed by atoms with van der Waals surface area (Å²) < 4.78 is 1.90. The van der Waals surface area contributed by atoms with E-state index in [-0.39, 0.29) is 11.4 Å². The number of amides is 1. The maximum atomic E-state index is 12.9. The van der Waals surface area contributed by atoms with Crippen LogP contribution in [0.3, 0.4) is 0 Å². The van der Waals surface area contributed by atoms with Crippen LogP contribution < -0.4 is 0 Å². The van der Waals surface area contributed by atoms with Crippen LogP contribution in [0.15, 0.2) is 59.9 Å². The van der Waals surface area contributed by atoms with Gasteiger partial charge in [0.2, 0.25) is 5.91 Å². The van der Waals surface area contributed by atoms with Crippen molar-refractivity contribution in [2.24, 2.45) is 0 Å². The number of rotatable bonds is 5. The average Bonchev–Trinajstić information content (AvgIpc) is 3.01. The van der Waals surface area contributed by atoms with E-state index >= 15 is 0 Å². The van der Waals surface area contributed by atoms with Gasteiger partial charge < -0.3 is 4.90 Å². The van der Waals surface area contributed by atoms with Crippen molar-refractivity contribution in [3.05, 3.63) is 60.3 Å². The molecule has 0 radical (unpaired) electrons. The van der Waals surface area contributed by atoms with Crippen LogP contribution >= 0.6 is 11.8 Å². The number of aromatic nitrogens is 3. The van der Waals surface area contributed by atoms with Gasteiger partial charge in [0.15, 0.2) is 10.8 Å². The zero-order valence-electron chi connectivity index (χ0n) is 14.7. The van der Waals surface area contributed by atoms with Gasteiger partial charge in [0.1, 0.15) is 0 Å². The Hall–Kier alpha value is -2.34. The molecule has 130 valence electrons. The fourth-order valence-corrected chi connectivity index (χ4v) is 3.39. The van der Waals surface area contributed by atoms with E-state index in [9.17, 15) is 4.79 Å². The smallest absolute Gasteiger partial charge is 0.233 e. The number of carbonyl (C=O) groups excluding carboxylic acids is 1. The lowest BCUT2D eigenvalue weighted by Crippen LogP contribution is -2.45. The second-order valence-electron chi connectivity index (χ2n) is 6.84. The topological polar surface area (TPSA) is 50.5 Å². The third-order valence-electron chi connectivity index (χ3n) is 3.90. The first-order valence-corrected chi connectivity index (χ1v) is 9.21. The standard InChI is InChI=1S/C19H22N4OS/c1-19(2,3)23(13-15-9-5-4-6-10-15)17(24)14-25-18-21-20-16-11-7-8-12-22(16)18/h4-12H,13-14H2,1-3H3. The highest BCUT2D eigenvalue weighted by Gasteiger charge is 2.26. The minimum absolute atomic E-state index is 0.0917. The van der Waals surface area contributed by atoms with Crippen molar-refractivity contribution in [2.45, 2.75) is 38.0 Å². The molecule has 1 aromatic carbocycles. The minimum Gasteiger partial charge on any atom is -0.333 e. The van der Waals surface area contributed by atoms with Gasteiger partial charge in [-0.25, -0.2) is 0 Å². The molecule has 0 saturated heterocycles. The maximum absolute atomic E-state index is 12.9. The van der Waals surface area contributed by atoms with E-state index in [1.54, 1.807) is 0 Å². The average molecular weight is 354 g/mol. The fourth-order valence-electron chi connectivity index (χ4n) is 2.59. The highest BCUT2D eigenvalue weighted by atomic mass is 32.2. The molecule has 0 aliphatic rings. The summed E-state index contributed by atoms with van der Waals surface area (Å²) in [6.07, 6.45) is 1.91. The van der Waals surface area contributed by atoms with Gasteiger partial charge in [-0.3, -0.25) is 9.20 Å². The highest BCUT2D eigenvalue weighted by molar-refractivity contribution is 7.99. The van der Waals surface area contributed by atoms with Crippen molar-refractivity contribution in [1.82, 2.24) is 19.5 Å². The molecule has 3 aromatic rings. The van der Waals surface area contributed by atoms with Crippen LogP contribution in [0.4, 0.5) is 0 Å². The van der Waals surface area contributed by atoms with E-state index in [1.165, 1.54) is 11.8 Å². The number of hydrogen-bond donors (Lipinski definition) is 0. The third-order valence-corrected chi connectivity index (χ3v) is 4.83. The Morgan fingerprint density at radius 2 is 1.80 bits per heavy atom. The number of hydrogen-bond acceptors (Lipinski definition) is 4. The van der Waals surface area contributed by atoms with E-state index in [1.807, 2.05) is 64.0 Å². The lowest BCUT2D eigenvalue weighted by atomic mass is 10.0. The molecule has 0 aliphatic heterocycles. The SMILES string of the molecule is CC(C)(C)N(Cc1ccccc1)C(=O)CSc1nnc2ccccn12. The molecule has 1 amide bonds. The van der Waals surface area contributed by atoms with Crippen LogP contribution in [0.5, 0.6) is 0 Å². The van der Waals surface area contributed by atoms with Crippen molar-refractivity contribution < 1.29 is 4.79 Å². The number of thioether (sulfide) groups is 1. The molecule has 0 N–H and O–H groups in total. The largest absolute Gasteiger partial charge is 0.333 e. The summed E-state index contributed by atoms with van der Waals surface area (Å²) in [6.45, 7) is 6.78. The number of carbonyl (C=O) groups is 1. The van der Waals surface area contributed by atoms with Crippen molar-refractivity contribution in [2.75, 3.05) is 5.75 Å². The molecule has 0 spiro atoms. The van der Waals surface area contributed by atoms with Gasteiger partial charge in [0.25, 0.3) is 0 Å². The maximum Gasteiger partial charge on any atom is 0.233 e. The summed E-state index contributed by atoms with van der Waals surface area (Å²) in [5.74, 6) is 0.425. The summed E-state index contributed by atoms with van der Waals surface area (Å²) in [6, 6.07) is 15.8. The van der Waals surface area contributed by atoms with Crippen molar-refractivity contribution >= 4 is 23.3 Å². The van der Waals surface area contributed by atoms with Gasteiger partial charge in [-0.2, -0.15) is 0 Å². The molecular weight excluding hydrogens is 332 g/mol. The van der Waals surface area contributed by atoms with Crippen LogP contribution in [0.1, 0.15) is 26.3 Å². The molecule has 0 atom stereocenters. The molecular formula is C19H22N4OS. The molecule has 5 nitrogen and oxygen atoms in total. The Labute approximate surface area is 152 Å². The lowest BCUT2D eigenvalue weighted by Gasteiger charge is -2.36. The van der Waals surface area contributed by atoms with Crippen LogP contribution in [-0.2, 0) is 11.3 Å². The molecule has 2 aromatic heterocycles. The van der Waals surface area contributed by atoms with E-state index in [0.29, 0.717) is 12.3 Å². The quantitative estimate of drug-likeness (QED) is 0.656. The first kappa shape index (κ1) is 17.5. The van der Waals surface area contributed by atoms with E-state index in [0.717, 1.165) is 16.4 Å². The molecule has 25 heavy (non-hydrogen) atoms. The van der Waals surface area contributed by atoms with Gasteiger partial charge in [-0.05, 0) is 38.5 Å². The zero-order valence-corrected chi connectivity index (χ0v) is 15.5. The fraction of sp³-hybridized carbons (Fsp3) is 0.316. The first-order chi connectivity index (χ1) is 11.9. The Balaban J connectivity index is 1.72. The highest BCUT2D eigenvalue weighted by Crippen LogP contribution is 2.22. The van der Waals surface area contributed by atoms with Crippen molar-refractivity contribution in [1.29, 1.82) is 0 Å². The number of benzene rings is 1. The van der Waals surface area contributed by atoms with Crippen LogP contribution in [0.2, 0.25) is 0 Å². The lowest BCUT2D eigenvalue weighted by molar-refractivity contribution is -0.133. The van der Waals surface area contributed by atoms with Gasteiger partial charge in [-0.15, -0.1) is 10.2 Å². The predicted octanol–water partition coefficient (Wildman–Crippen LogP) is 3.65. The molecule has 6 heteroatoms. The molecule has 0 saturated carbocycles. The summed E-state index contributed by atoms with van der Waals surface area (Å²) in [5, 5.41) is 9.04. The van der Waals surface area contributed by atoms with Gasteiger partial charge in [0.05, 0.1) is 5.75 Å². The normalized spacial score (nSPS) is 11.6. The second kappa shape index (κ2) is 7.27. The Kier molecular flexibility index (Phi) is 5.08. The van der Waals surface area contributed by atoms with Gasteiger partial charge >= 0.3 is 0 Å².